The van der Waals surface area contributed by atoms with E-state index in [-0.39, 0.29) is 18.1 Å². The first-order valence-corrected chi connectivity index (χ1v) is 8.92. The van der Waals surface area contributed by atoms with E-state index >= 15 is 0 Å². The number of sulfonamides is 1. The molecule has 0 atom stereocenters. The summed E-state index contributed by atoms with van der Waals surface area (Å²) >= 11 is 11.7. The van der Waals surface area contributed by atoms with Crippen molar-refractivity contribution in [1.29, 1.82) is 0 Å². The van der Waals surface area contributed by atoms with Gasteiger partial charge in [-0.05, 0) is 41.8 Å². The third-order valence-electron chi connectivity index (χ3n) is 3.01. The van der Waals surface area contributed by atoms with Gasteiger partial charge in [-0.25, -0.2) is 17.5 Å². The van der Waals surface area contributed by atoms with Crippen LogP contribution < -0.4 is 4.72 Å². The Hall–Kier alpha value is -1.14. The number of nitrogens with one attached hydrogen (secondary N) is 1. The second kappa shape index (κ2) is 7.42. The van der Waals surface area contributed by atoms with E-state index in [4.69, 9.17) is 23.2 Å². The van der Waals surface area contributed by atoms with Crippen molar-refractivity contribution in [2.45, 2.75) is 12.2 Å². The maximum atomic E-state index is 12.8. The Bertz CT molecular complexity index is 749. The van der Waals surface area contributed by atoms with Gasteiger partial charge in [-0.3, -0.25) is 0 Å². The molecule has 0 radical (unpaired) electrons. The molecule has 0 aromatic heterocycles. The number of hydrogen-bond donors (Lipinski definition) is 1. The molecule has 0 aliphatic rings. The van der Waals surface area contributed by atoms with Crippen LogP contribution >= 0.6 is 23.2 Å². The molecule has 0 amide bonds. The highest BCUT2D eigenvalue weighted by Gasteiger charge is 2.13. The number of hydrogen-bond acceptors (Lipinski definition) is 2. The second-order valence-corrected chi connectivity index (χ2v) is 7.42. The van der Waals surface area contributed by atoms with E-state index in [1.807, 2.05) is 0 Å². The normalized spacial score (nSPS) is 11.6. The lowest BCUT2D eigenvalue weighted by Gasteiger charge is -2.08. The molecule has 3 nitrogen and oxygen atoms in total. The topological polar surface area (TPSA) is 46.2 Å². The van der Waals surface area contributed by atoms with Crippen molar-refractivity contribution < 1.29 is 12.8 Å². The van der Waals surface area contributed by atoms with Crippen LogP contribution in [0.15, 0.2) is 42.5 Å². The first-order chi connectivity index (χ1) is 10.4. The molecule has 0 unspecified atom stereocenters. The molecule has 0 aliphatic heterocycles. The molecule has 7 heteroatoms. The minimum Gasteiger partial charge on any atom is -0.215 e. The minimum atomic E-state index is -3.50. The Morgan fingerprint density at radius 1 is 1.05 bits per heavy atom. The zero-order valence-corrected chi connectivity index (χ0v) is 13.8. The summed E-state index contributed by atoms with van der Waals surface area (Å²) in [6.45, 7) is 0.235. The molecule has 0 fully saturated rings. The number of benzene rings is 2. The molecule has 0 spiro atoms. The van der Waals surface area contributed by atoms with E-state index in [1.54, 1.807) is 24.3 Å². The van der Waals surface area contributed by atoms with E-state index in [2.05, 4.69) is 4.72 Å². The molecule has 22 heavy (non-hydrogen) atoms. The van der Waals surface area contributed by atoms with Crippen LogP contribution in [-0.2, 0) is 22.2 Å². The summed E-state index contributed by atoms with van der Waals surface area (Å²) in [4.78, 5) is 0. The van der Waals surface area contributed by atoms with Gasteiger partial charge in [-0.2, -0.15) is 0 Å². The summed E-state index contributed by atoms with van der Waals surface area (Å²) < 4.78 is 39.3. The highest BCUT2D eigenvalue weighted by Crippen LogP contribution is 2.22. The van der Waals surface area contributed by atoms with Crippen LogP contribution in [0.4, 0.5) is 4.39 Å². The third-order valence-corrected chi connectivity index (χ3v) is 4.93. The molecule has 0 saturated carbocycles. The van der Waals surface area contributed by atoms with Gasteiger partial charge in [0.05, 0.1) is 5.75 Å². The van der Waals surface area contributed by atoms with Crippen molar-refractivity contribution in [2.75, 3.05) is 6.54 Å². The largest absolute Gasteiger partial charge is 0.215 e. The third kappa shape index (κ3) is 5.25. The monoisotopic (exact) mass is 361 g/mol. The lowest BCUT2D eigenvalue weighted by molar-refractivity contribution is 0.580. The van der Waals surface area contributed by atoms with Gasteiger partial charge in [-0.1, -0.05) is 41.4 Å². The smallest absolute Gasteiger partial charge is 0.215 e. The van der Waals surface area contributed by atoms with E-state index in [0.717, 1.165) is 5.56 Å². The van der Waals surface area contributed by atoms with Crippen molar-refractivity contribution >= 4 is 33.2 Å². The fraction of sp³-hybridized carbons (Fsp3) is 0.200. The molecular formula is C15H14Cl2FNO2S. The van der Waals surface area contributed by atoms with Crippen LogP contribution in [-0.4, -0.2) is 15.0 Å². The molecule has 2 aromatic rings. The SMILES string of the molecule is O=S(=O)(Cc1ccc(Cl)cc1Cl)NCCc1ccc(F)cc1. The molecule has 0 bridgehead atoms. The first-order valence-electron chi connectivity index (χ1n) is 6.51. The van der Waals surface area contributed by atoms with Gasteiger partial charge in [0, 0.05) is 16.6 Å². The predicted octanol–water partition coefficient (Wildman–Crippen LogP) is 3.79. The summed E-state index contributed by atoms with van der Waals surface area (Å²) in [6, 6.07) is 10.6. The maximum absolute atomic E-state index is 12.8. The summed E-state index contributed by atoms with van der Waals surface area (Å²) in [5.41, 5.74) is 1.34. The van der Waals surface area contributed by atoms with Gasteiger partial charge in [0.1, 0.15) is 5.82 Å². The molecule has 2 rings (SSSR count). The van der Waals surface area contributed by atoms with Crippen molar-refractivity contribution in [1.82, 2.24) is 4.72 Å². The van der Waals surface area contributed by atoms with Gasteiger partial charge >= 0.3 is 0 Å². The lowest BCUT2D eigenvalue weighted by Crippen LogP contribution is -2.27. The maximum Gasteiger partial charge on any atom is 0.215 e. The Morgan fingerprint density at radius 3 is 2.36 bits per heavy atom. The standard InChI is InChI=1S/C15H14Cl2FNO2S/c16-13-4-3-12(15(17)9-13)10-22(20,21)19-8-7-11-1-5-14(18)6-2-11/h1-6,9,19H,7-8,10H2. The van der Waals surface area contributed by atoms with E-state index < -0.39 is 10.0 Å². The fourth-order valence-electron chi connectivity index (χ4n) is 1.90. The molecule has 0 aliphatic carbocycles. The minimum absolute atomic E-state index is 0.216. The van der Waals surface area contributed by atoms with Crippen LogP contribution in [0.25, 0.3) is 0 Å². The molecule has 0 saturated heterocycles. The summed E-state index contributed by atoms with van der Waals surface area (Å²) in [5.74, 6) is -0.534. The van der Waals surface area contributed by atoms with E-state index in [1.165, 1.54) is 18.2 Å². The van der Waals surface area contributed by atoms with Crippen LogP contribution in [0, 0.1) is 5.82 Å². The molecule has 118 valence electrons. The quantitative estimate of drug-likeness (QED) is 0.850. The van der Waals surface area contributed by atoms with Gasteiger partial charge in [0.2, 0.25) is 10.0 Å². The van der Waals surface area contributed by atoms with E-state index in [9.17, 15) is 12.8 Å². The Balaban J connectivity index is 1.92. The molecule has 0 heterocycles. The Labute approximate surface area is 139 Å². The van der Waals surface area contributed by atoms with Crippen LogP contribution in [0.2, 0.25) is 10.0 Å². The Morgan fingerprint density at radius 2 is 1.73 bits per heavy atom. The van der Waals surface area contributed by atoms with Crippen molar-refractivity contribution in [3.63, 3.8) is 0 Å². The average molecular weight is 362 g/mol. The van der Waals surface area contributed by atoms with Crippen LogP contribution in [0.1, 0.15) is 11.1 Å². The average Bonchev–Trinajstić information content (AvgIpc) is 2.44. The summed E-state index contributed by atoms with van der Waals surface area (Å²) in [6.07, 6.45) is 0.480. The van der Waals surface area contributed by atoms with Crippen molar-refractivity contribution in [3.8, 4) is 0 Å². The molecular weight excluding hydrogens is 348 g/mol. The van der Waals surface area contributed by atoms with Gasteiger partial charge in [0.15, 0.2) is 0 Å². The predicted molar refractivity (Wildman–Crippen MR) is 87.2 cm³/mol. The zero-order valence-electron chi connectivity index (χ0n) is 11.5. The summed E-state index contributed by atoms with van der Waals surface area (Å²) in [7, 11) is -3.50. The van der Waals surface area contributed by atoms with Crippen LogP contribution in [0.5, 0.6) is 0 Å². The highest BCUT2D eigenvalue weighted by atomic mass is 35.5. The Kier molecular flexibility index (Phi) is 5.81. The highest BCUT2D eigenvalue weighted by molar-refractivity contribution is 7.88. The first kappa shape index (κ1) is 17.2. The van der Waals surface area contributed by atoms with Crippen LogP contribution in [0.3, 0.4) is 0 Å². The van der Waals surface area contributed by atoms with Crippen molar-refractivity contribution in [3.05, 3.63) is 69.5 Å². The zero-order chi connectivity index (χ0) is 16.2. The summed E-state index contributed by atoms with van der Waals surface area (Å²) in [5, 5.41) is 0.770. The molecule has 2 aromatic carbocycles. The molecule has 1 N–H and O–H groups in total. The van der Waals surface area contributed by atoms with E-state index in [0.29, 0.717) is 22.0 Å². The number of halogens is 3. The van der Waals surface area contributed by atoms with Gasteiger partial charge in [0.25, 0.3) is 0 Å². The second-order valence-electron chi connectivity index (χ2n) is 4.77. The fourth-order valence-corrected chi connectivity index (χ4v) is 3.63. The lowest BCUT2D eigenvalue weighted by atomic mass is 10.1. The number of rotatable bonds is 6. The van der Waals surface area contributed by atoms with Crippen molar-refractivity contribution in [2.24, 2.45) is 0 Å². The van der Waals surface area contributed by atoms with Gasteiger partial charge < -0.3 is 0 Å². The van der Waals surface area contributed by atoms with Gasteiger partial charge in [-0.15, -0.1) is 0 Å².